The van der Waals surface area contributed by atoms with Crippen LogP contribution in [0.5, 0.6) is 0 Å². The summed E-state index contributed by atoms with van der Waals surface area (Å²) in [6.07, 6.45) is 0. The van der Waals surface area contributed by atoms with Gasteiger partial charge in [-0.3, -0.25) is 13.9 Å². The molecule has 1 aromatic heterocycles. The molecule has 1 atom stereocenters. The molecule has 0 spiro atoms. The van der Waals surface area contributed by atoms with Crippen molar-refractivity contribution in [2.45, 2.75) is 33.4 Å². The summed E-state index contributed by atoms with van der Waals surface area (Å²) >= 11 is 0. The molecule has 1 heterocycles. The van der Waals surface area contributed by atoms with Crippen LogP contribution in [0.2, 0.25) is 0 Å². The van der Waals surface area contributed by atoms with Crippen LogP contribution in [0.15, 0.2) is 9.59 Å². The largest absolute Gasteiger partial charge is 0.394 e. The van der Waals surface area contributed by atoms with Gasteiger partial charge in [-0.2, -0.15) is 0 Å². The van der Waals surface area contributed by atoms with Crippen LogP contribution in [0.4, 0.5) is 11.5 Å². The van der Waals surface area contributed by atoms with E-state index < -0.39 is 11.2 Å². The van der Waals surface area contributed by atoms with Crippen LogP contribution < -0.4 is 22.3 Å². The zero-order chi connectivity index (χ0) is 14.7. The highest BCUT2D eigenvalue weighted by atomic mass is 16.3. The van der Waals surface area contributed by atoms with E-state index in [1.165, 1.54) is 11.6 Å². The molecule has 1 rings (SSSR count). The Balaban J connectivity index is 3.43. The fraction of sp³-hybridized carbons (Fsp3) is 0.667. The third kappa shape index (κ3) is 3.17. The Morgan fingerprint density at radius 2 is 1.89 bits per heavy atom. The van der Waals surface area contributed by atoms with Crippen LogP contribution in [0.25, 0.3) is 0 Å². The first-order chi connectivity index (χ1) is 8.79. The topological polar surface area (TPSA) is 102 Å². The van der Waals surface area contributed by atoms with E-state index in [4.69, 9.17) is 10.8 Å². The second kappa shape index (κ2) is 5.92. The molecule has 108 valence electrons. The molecule has 0 radical (unpaired) electrons. The van der Waals surface area contributed by atoms with Crippen LogP contribution in [0.1, 0.15) is 20.8 Å². The van der Waals surface area contributed by atoms with Crippen molar-refractivity contribution in [3.63, 3.8) is 0 Å². The number of hydrogen-bond acceptors (Lipinski definition) is 5. The minimum atomic E-state index is -0.484. The van der Waals surface area contributed by atoms with Crippen molar-refractivity contribution in [2.75, 3.05) is 17.7 Å². The number of nitrogens with two attached hydrogens (primary N) is 1. The monoisotopic (exact) mass is 270 g/mol. The highest BCUT2D eigenvalue weighted by Gasteiger charge is 2.17. The maximum Gasteiger partial charge on any atom is 0.332 e. The lowest BCUT2D eigenvalue weighted by Gasteiger charge is -2.19. The van der Waals surface area contributed by atoms with E-state index in [-0.39, 0.29) is 30.1 Å². The van der Waals surface area contributed by atoms with Crippen LogP contribution in [0, 0.1) is 5.92 Å². The maximum atomic E-state index is 12.0. The average molecular weight is 270 g/mol. The van der Waals surface area contributed by atoms with E-state index in [1.807, 2.05) is 13.8 Å². The lowest BCUT2D eigenvalue weighted by molar-refractivity contribution is 0.281. The highest BCUT2D eigenvalue weighted by Crippen LogP contribution is 2.13. The standard InChI is InChI=1S/C12H22N4O3/c1-7(2)5-16-10(13)9(14-8(3)6-17)11(18)15(4)12(16)19/h7-8,14,17H,5-6,13H2,1-4H3. The van der Waals surface area contributed by atoms with Gasteiger partial charge in [-0.1, -0.05) is 13.8 Å². The summed E-state index contributed by atoms with van der Waals surface area (Å²) < 4.78 is 2.39. The first-order valence-electron chi connectivity index (χ1n) is 6.26. The molecule has 0 aliphatic rings. The van der Waals surface area contributed by atoms with Gasteiger partial charge in [0.25, 0.3) is 5.56 Å². The number of aliphatic hydroxyl groups excluding tert-OH is 1. The summed E-state index contributed by atoms with van der Waals surface area (Å²) in [7, 11) is 1.41. The van der Waals surface area contributed by atoms with Crippen LogP contribution in [-0.4, -0.2) is 26.9 Å². The fourth-order valence-electron chi connectivity index (χ4n) is 1.75. The molecule has 0 aromatic carbocycles. The smallest absolute Gasteiger partial charge is 0.332 e. The summed E-state index contributed by atoms with van der Waals surface area (Å²) in [5.74, 6) is 0.336. The predicted molar refractivity (Wildman–Crippen MR) is 75.4 cm³/mol. The maximum absolute atomic E-state index is 12.0. The molecule has 19 heavy (non-hydrogen) atoms. The Labute approximate surface area is 111 Å². The van der Waals surface area contributed by atoms with Gasteiger partial charge >= 0.3 is 5.69 Å². The zero-order valence-corrected chi connectivity index (χ0v) is 11.8. The van der Waals surface area contributed by atoms with E-state index in [9.17, 15) is 9.59 Å². The van der Waals surface area contributed by atoms with E-state index in [2.05, 4.69) is 5.32 Å². The summed E-state index contributed by atoms with van der Waals surface area (Å²) in [5.41, 5.74) is 5.15. The minimum Gasteiger partial charge on any atom is -0.394 e. The fourth-order valence-corrected chi connectivity index (χ4v) is 1.75. The molecule has 0 bridgehead atoms. The summed E-state index contributed by atoms with van der Waals surface area (Å²) in [6.45, 7) is 5.94. The van der Waals surface area contributed by atoms with Crippen molar-refractivity contribution in [3.05, 3.63) is 20.8 Å². The van der Waals surface area contributed by atoms with Crippen molar-refractivity contribution in [1.29, 1.82) is 0 Å². The van der Waals surface area contributed by atoms with E-state index in [0.717, 1.165) is 4.57 Å². The third-order valence-corrected chi connectivity index (χ3v) is 2.80. The van der Waals surface area contributed by atoms with Gasteiger partial charge in [0.15, 0.2) is 0 Å². The van der Waals surface area contributed by atoms with E-state index in [1.54, 1.807) is 6.92 Å². The van der Waals surface area contributed by atoms with Crippen molar-refractivity contribution in [3.8, 4) is 0 Å². The normalized spacial score (nSPS) is 12.7. The van der Waals surface area contributed by atoms with Gasteiger partial charge in [-0.15, -0.1) is 0 Å². The van der Waals surface area contributed by atoms with Crippen molar-refractivity contribution >= 4 is 11.5 Å². The Morgan fingerprint density at radius 1 is 1.32 bits per heavy atom. The number of aliphatic hydroxyl groups is 1. The molecule has 4 N–H and O–H groups in total. The van der Waals surface area contributed by atoms with Gasteiger partial charge in [-0.25, -0.2) is 4.79 Å². The highest BCUT2D eigenvalue weighted by molar-refractivity contribution is 5.61. The van der Waals surface area contributed by atoms with Crippen molar-refractivity contribution in [1.82, 2.24) is 9.13 Å². The van der Waals surface area contributed by atoms with Gasteiger partial charge in [0.2, 0.25) is 0 Å². The summed E-state index contributed by atoms with van der Waals surface area (Å²) in [5, 5.41) is 11.9. The molecular weight excluding hydrogens is 248 g/mol. The molecule has 1 aromatic rings. The first-order valence-corrected chi connectivity index (χ1v) is 6.26. The van der Waals surface area contributed by atoms with Crippen LogP contribution >= 0.6 is 0 Å². The van der Waals surface area contributed by atoms with E-state index in [0.29, 0.717) is 6.54 Å². The van der Waals surface area contributed by atoms with E-state index >= 15 is 0 Å². The number of nitrogens with zero attached hydrogens (tertiary/aromatic N) is 2. The van der Waals surface area contributed by atoms with Crippen molar-refractivity contribution < 1.29 is 5.11 Å². The molecule has 7 nitrogen and oxygen atoms in total. The Hall–Kier alpha value is -1.76. The molecule has 0 fully saturated rings. The Morgan fingerprint density at radius 3 is 2.37 bits per heavy atom. The number of anilines is 2. The third-order valence-electron chi connectivity index (χ3n) is 2.80. The molecule has 0 amide bonds. The zero-order valence-electron chi connectivity index (χ0n) is 11.8. The van der Waals surface area contributed by atoms with Crippen LogP contribution in [0.3, 0.4) is 0 Å². The second-order valence-corrected chi connectivity index (χ2v) is 5.14. The number of rotatable bonds is 5. The molecule has 0 aliphatic heterocycles. The van der Waals surface area contributed by atoms with Gasteiger partial charge < -0.3 is 16.2 Å². The number of nitrogen functional groups attached to an aromatic ring is 1. The number of nitrogens with one attached hydrogen (secondary N) is 1. The second-order valence-electron chi connectivity index (χ2n) is 5.14. The molecule has 0 aliphatic carbocycles. The Kier molecular flexibility index (Phi) is 4.77. The molecule has 0 saturated carbocycles. The predicted octanol–water partition coefficient (Wildman–Crippen LogP) is -0.422. The van der Waals surface area contributed by atoms with Gasteiger partial charge in [0.1, 0.15) is 11.5 Å². The number of hydrogen-bond donors (Lipinski definition) is 3. The molecule has 7 heteroatoms. The quantitative estimate of drug-likeness (QED) is 0.674. The molecular formula is C12H22N4O3. The average Bonchev–Trinajstić information content (AvgIpc) is 2.36. The van der Waals surface area contributed by atoms with Crippen molar-refractivity contribution in [2.24, 2.45) is 13.0 Å². The molecule has 0 saturated heterocycles. The summed E-state index contributed by atoms with van der Waals surface area (Å²) in [4.78, 5) is 24.0. The first kappa shape index (κ1) is 15.3. The summed E-state index contributed by atoms with van der Waals surface area (Å²) in [6, 6.07) is -0.319. The minimum absolute atomic E-state index is 0.113. The SMILES string of the molecule is CC(C)Cn1c(N)c(NC(C)CO)c(=O)n(C)c1=O. The molecule has 1 unspecified atom stereocenters. The lowest BCUT2D eigenvalue weighted by atomic mass is 10.2. The van der Waals surface area contributed by atoms with Gasteiger partial charge in [0, 0.05) is 19.6 Å². The Bertz CT molecular complexity index is 559. The van der Waals surface area contributed by atoms with Crippen LogP contribution in [-0.2, 0) is 13.6 Å². The van der Waals surface area contributed by atoms with Gasteiger partial charge in [0.05, 0.1) is 6.61 Å². The lowest BCUT2D eigenvalue weighted by Crippen LogP contribution is -2.42. The number of aromatic nitrogens is 2. The van der Waals surface area contributed by atoms with Gasteiger partial charge in [-0.05, 0) is 12.8 Å².